The van der Waals surface area contributed by atoms with Gasteiger partial charge in [0.05, 0.1) is 45.2 Å². The molecule has 21 heteroatoms. The van der Waals surface area contributed by atoms with Crippen molar-refractivity contribution in [2.45, 2.75) is 169 Å². The molecule has 4 aliphatic rings. The third-order valence-corrected chi connectivity index (χ3v) is 13.6. The Morgan fingerprint density at radius 3 is 1.32 bits per heavy atom. The van der Waals surface area contributed by atoms with Crippen LogP contribution in [0.4, 0.5) is 0 Å². The zero-order valence-corrected chi connectivity index (χ0v) is 51.5. The summed E-state index contributed by atoms with van der Waals surface area (Å²) in [7, 11) is -0.652. The van der Waals surface area contributed by atoms with Gasteiger partial charge in [-0.2, -0.15) is 0 Å². The van der Waals surface area contributed by atoms with Crippen LogP contribution >= 0.6 is 7.60 Å². The van der Waals surface area contributed by atoms with E-state index in [1.54, 1.807) is 46.8 Å². The molecule has 18 nitrogen and oxygen atoms in total. The van der Waals surface area contributed by atoms with Crippen LogP contribution in [0.1, 0.15) is 164 Å². The van der Waals surface area contributed by atoms with Gasteiger partial charge in [-0.15, -0.1) is 0 Å². The molecular formula is C50H85K2O18P. The molecule has 0 bridgehead atoms. The number of aliphatic carboxylic acids is 1. The fourth-order valence-electron chi connectivity index (χ4n) is 7.28. The maximum absolute atomic E-state index is 12.1. The smallest absolute Gasteiger partial charge is 1.00 e. The number of carboxylic acids is 1. The summed E-state index contributed by atoms with van der Waals surface area (Å²) < 4.78 is 36.1. The molecule has 0 aromatic heterocycles. The number of aliphatic hydroxyl groups excluding tert-OH is 1. The molecule has 4 rings (SSSR count). The number of Topliss-reactive ketones (excluding diaryl/α,β-unsaturated/α-hetero) is 1. The van der Waals surface area contributed by atoms with Gasteiger partial charge in [0.15, 0.2) is 17.9 Å². The summed E-state index contributed by atoms with van der Waals surface area (Å²) in [6.07, 6.45) is 26.6. The second kappa shape index (κ2) is 50.2. The summed E-state index contributed by atoms with van der Waals surface area (Å²) in [5, 5.41) is 25.6. The van der Waals surface area contributed by atoms with Crippen molar-refractivity contribution in [2.24, 2.45) is 35.5 Å². The topological polar surface area (TPSA) is 273 Å². The van der Waals surface area contributed by atoms with E-state index in [9.17, 15) is 38.1 Å². The second-order valence-corrected chi connectivity index (χ2v) is 19.5. The molecule has 0 amide bonds. The van der Waals surface area contributed by atoms with E-state index in [1.165, 1.54) is 78.4 Å². The molecule has 0 aromatic carbocycles. The number of hydrogen-bond donors (Lipinski definition) is 2. The van der Waals surface area contributed by atoms with E-state index in [1.807, 2.05) is 12.2 Å². The van der Waals surface area contributed by atoms with Crippen molar-refractivity contribution in [3.63, 3.8) is 0 Å². The van der Waals surface area contributed by atoms with Crippen LogP contribution < -0.4 is 108 Å². The monoisotopic (exact) mass is 1080 g/mol. The van der Waals surface area contributed by atoms with Crippen LogP contribution in [-0.2, 0) is 71.1 Å². The Hall–Kier alpha value is -0.657. The Kier molecular flexibility index (Phi) is 54.3. The van der Waals surface area contributed by atoms with Crippen LogP contribution in [-0.4, -0.2) is 105 Å². The van der Waals surface area contributed by atoms with Gasteiger partial charge in [0.25, 0.3) is 6.47 Å². The average Bonchev–Trinajstić information content (AvgIpc) is 4.21. The maximum Gasteiger partial charge on any atom is 1.00 e. The summed E-state index contributed by atoms with van der Waals surface area (Å²) in [6, 6.07) is 0. The molecule has 1 aliphatic heterocycles. The van der Waals surface area contributed by atoms with Gasteiger partial charge < -0.3 is 49.8 Å². The number of rotatable bonds is 24. The van der Waals surface area contributed by atoms with Gasteiger partial charge in [0, 0.05) is 38.2 Å². The summed E-state index contributed by atoms with van der Waals surface area (Å²) in [5.74, 6) is -0.873. The van der Waals surface area contributed by atoms with Crippen LogP contribution in [0.5, 0.6) is 0 Å². The molecule has 1 saturated heterocycles. The fraction of sp³-hybridized carbons (Fsp3) is 0.760. The number of aliphatic hydroxyl groups is 1. The molecular weight excluding hydrogens is 998 g/mol. The van der Waals surface area contributed by atoms with Crippen LogP contribution in [0.3, 0.4) is 0 Å². The summed E-state index contributed by atoms with van der Waals surface area (Å²) in [5.41, 5.74) is 0. The average molecular weight is 1080 g/mol. The number of allylic oxidation sites excluding steroid dienone is 4. The minimum Gasteiger partial charge on any atom is -1.00 e. The van der Waals surface area contributed by atoms with Crippen LogP contribution in [0.25, 0.3) is 0 Å². The Labute approximate surface area is 509 Å². The zero-order valence-electron chi connectivity index (χ0n) is 45.3. The Morgan fingerprint density at radius 1 is 0.662 bits per heavy atom. The number of hydrogen-bond acceptors (Lipinski definition) is 17. The van der Waals surface area contributed by atoms with Crippen LogP contribution in [0.2, 0.25) is 0 Å². The summed E-state index contributed by atoms with van der Waals surface area (Å²) >= 11 is 0. The van der Waals surface area contributed by atoms with Gasteiger partial charge in [0.2, 0.25) is 0 Å². The van der Waals surface area contributed by atoms with Gasteiger partial charge in [-0.25, -0.2) is 0 Å². The van der Waals surface area contributed by atoms with Crippen molar-refractivity contribution in [3.8, 4) is 0 Å². The summed E-state index contributed by atoms with van der Waals surface area (Å²) in [6.45, 7) is 9.50. The van der Waals surface area contributed by atoms with E-state index in [4.69, 9.17) is 34.0 Å². The third-order valence-electron chi connectivity index (χ3n) is 11.6. The van der Waals surface area contributed by atoms with Gasteiger partial charge >= 0.3 is 128 Å². The Morgan fingerprint density at radius 2 is 1.04 bits per heavy atom. The third kappa shape index (κ3) is 44.2. The van der Waals surface area contributed by atoms with Crippen molar-refractivity contribution in [1.29, 1.82) is 0 Å². The molecule has 3 saturated carbocycles. The van der Waals surface area contributed by atoms with E-state index in [0.29, 0.717) is 49.9 Å². The predicted molar refractivity (Wildman–Crippen MR) is 257 cm³/mol. The normalized spacial score (nSPS) is 17.7. The van der Waals surface area contributed by atoms with E-state index in [-0.39, 0.29) is 178 Å². The first kappa shape index (κ1) is 76.8. The predicted octanol–water partition coefficient (Wildman–Crippen LogP) is 2.15. The fourth-order valence-corrected chi connectivity index (χ4v) is 8.91. The van der Waals surface area contributed by atoms with Gasteiger partial charge in [-0.1, -0.05) is 71.4 Å². The van der Waals surface area contributed by atoms with Crippen molar-refractivity contribution >= 4 is 55.6 Å². The standard InChI is InChI=1S/C14H22O3.C13H20O3.C12H23O6P.C6H10O.C4H8O2.CH2O3.2K.H/c1-11(14(16)17-2)7-9-13(15)10-8-12-5-3-4-6-12;1-10(13(15)16)6-8-12(14)9-7-11-4-2-3-5-11;1-5-17-19(15,18-6-2)9-11(13)8-7-10(3)12(14)16-4;7-5-6-3-1-2-4-6;5-4-2-1-3-6-4;2-1-4-3;;;/h8,10-12H,3-7,9H2,1-2H3;7,9-11H,2-6,8H2,1H3,(H,15,16);10H,5-9H2,1-4H3;5-6H,1-4H2;4-5H,1-3H2;1,3H;;;/q;;;;;;2*+1;-1/p-1/b10-8+;9-7+;;;;;;;/t11-;2*10-;;;;;;/m000....../s1. The first-order chi connectivity index (χ1) is 32.8. The van der Waals surface area contributed by atoms with Gasteiger partial charge in [-0.3, -0.25) is 38.1 Å². The number of methoxy groups -OCH3 is 2. The van der Waals surface area contributed by atoms with Crippen LogP contribution in [0.15, 0.2) is 24.3 Å². The largest absolute Gasteiger partial charge is 1.00 e. The molecule has 4 fully saturated rings. The van der Waals surface area contributed by atoms with Crippen molar-refractivity contribution in [1.82, 2.24) is 0 Å². The molecule has 400 valence electrons. The molecule has 3 aliphatic carbocycles. The van der Waals surface area contributed by atoms with E-state index >= 15 is 0 Å². The van der Waals surface area contributed by atoms with Crippen molar-refractivity contribution < 1.29 is 191 Å². The first-order valence-electron chi connectivity index (χ1n) is 24.5. The quantitative estimate of drug-likeness (QED) is 0.0267. The van der Waals surface area contributed by atoms with E-state index in [2.05, 4.69) is 14.4 Å². The van der Waals surface area contributed by atoms with Crippen LogP contribution in [0, 0.1) is 35.5 Å². The van der Waals surface area contributed by atoms with Crippen molar-refractivity contribution in [2.75, 3.05) is 40.2 Å². The SMILES string of the molecule is CCOP(=O)(CC(=O)CC[C@H](C)C(=O)OC)OCC.COC(=O)[C@@H](C)CCC(=O)/C=C/C1CCCC1.C[C@@H](CCC(=O)/C=C/C1CCCC1)C(=O)O.O=CC1CCCC1.O=CO[O-].OC1CCCO1.[H-].[K+].[K+]. The van der Waals surface area contributed by atoms with Crippen molar-refractivity contribution in [3.05, 3.63) is 24.3 Å². The molecule has 4 atom stereocenters. The number of carbonyl (C=O) groups is 8. The minimum absolute atomic E-state index is 0. The number of carbonyl (C=O) groups excluding carboxylic acids is 7. The van der Waals surface area contributed by atoms with E-state index < -0.39 is 25.8 Å². The molecule has 0 spiro atoms. The maximum atomic E-state index is 12.1. The molecule has 0 aromatic rings. The molecule has 71 heavy (non-hydrogen) atoms. The van der Waals surface area contributed by atoms with Gasteiger partial charge in [-0.05, 0) is 102 Å². The number of aldehydes is 1. The molecule has 2 N–H and O–H groups in total. The minimum atomic E-state index is -3.33. The molecule has 1 heterocycles. The number of ketones is 3. The van der Waals surface area contributed by atoms with Gasteiger partial charge in [0.1, 0.15) is 18.2 Å². The number of ether oxygens (including phenoxy) is 3. The first-order valence-corrected chi connectivity index (χ1v) is 26.3. The second-order valence-electron chi connectivity index (χ2n) is 17.4. The molecule has 0 radical (unpaired) electrons. The zero-order chi connectivity index (χ0) is 52.5. The van der Waals surface area contributed by atoms with E-state index in [0.717, 1.165) is 38.6 Å². The Bertz CT molecular complexity index is 1550. The summed E-state index contributed by atoms with van der Waals surface area (Å²) in [4.78, 5) is 88.9. The number of esters is 2. The molecule has 1 unspecified atom stereocenters. The Balaban J connectivity index is -0.000000263. The number of carboxylic acid groups (broad SMARTS) is 1.